The Kier molecular flexibility index (Phi) is 4.39. The van der Waals surface area contributed by atoms with Gasteiger partial charge >= 0.3 is 0 Å². The predicted octanol–water partition coefficient (Wildman–Crippen LogP) is 1.75. The Balaban J connectivity index is 1.47. The molecule has 0 saturated heterocycles. The summed E-state index contributed by atoms with van der Waals surface area (Å²) in [4.78, 5) is 23.5. The van der Waals surface area contributed by atoms with Crippen LogP contribution in [0.25, 0.3) is 0 Å². The van der Waals surface area contributed by atoms with Gasteiger partial charge in [0.2, 0.25) is 11.8 Å². The van der Waals surface area contributed by atoms with Crippen LogP contribution in [0.4, 0.5) is 5.69 Å². The van der Waals surface area contributed by atoms with Gasteiger partial charge in [0.1, 0.15) is 0 Å². The average Bonchev–Trinajstić information content (AvgIpc) is 3.29. The second-order valence-electron chi connectivity index (χ2n) is 7.01. The number of amides is 2. The number of carbonyl (C=O) groups is 2. The zero-order chi connectivity index (χ0) is 16.4. The number of hydrogen-bond acceptors (Lipinski definition) is 3. The van der Waals surface area contributed by atoms with Crippen LogP contribution in [-0.4, -0.2) is 23.9 Å². The van der Waals surface area contributed by atoms with E-state index in [9.17, 15) is 9.59 Å². The van der Waals surface area contributed by atoms with E-state index in [-0.39, 0.29) is 17.4 Å². The SMILES string of the molecule is CC(CN)(NC(=O)CCCc1ccc2c(c1)CC(=O)N2)C1CC1. The van der Waals surface area contributed by atoms with Crippen molar-refractivity contribution in [3.8, 4) is 0 Å². The highest BCUT2D eigenvalue weighted by molar-refractivity contribution is 5.99. The van der Waals surface area contributed by atoms with Crippen molar-refractivity contribution in [2.75, 3.05) is 11.9 Å². The Morgan fingerprint density at radius 3 is 2.91 bits per heavy atom. The van der Waals surface area contributed by atoms with Gasteiger partial charge in [0.15, 0.2) is 0 Å². The summed E-state index contributed by atoms with van der Waals surface area (Å²) in [6.07, 6.45) is 4.94. The summed E-state index contributed by atoms with van der Waals surface area (Å²) >= 11 is 0. The van der Waals surface area contributed by atoms with Gasteiger partial charge in [-0.15, -0.1) is 0 Å². The van der Waals surface area contributed by atoms with E-state index >= 15 is 0 Å². The fourth-order valence-corrected chi connectivity index (χ4v) is 3.31. The molecule has 0 radical (unpaired) electrons. The third kappa shape index (κ3) is 3.72. The maximum absolute atomic E-state index is 12.1. The van der Waals surface area contributed by atoms with E-state index in [1.165, 1.54) is 5.56 Å². The van der Waals surface area contributed by atoms with Crippen LogP contribution in [0.3, 0.4) is 0 Å². The molecule has 0 aromatic heterocycles. The van der Waals surface area contributed by atoms with Gasteiger partial charge in [0, 0.05) is 18.7 Å². The van der Waals surface area contributed by atoms with Crippen LogP contribution in [0.2, 0.25) is 0 Å². The fourth-order valence-electron chi connectivity index (χ4n) is 3.31. The number of nitrogens with one attached hydrogen (secondary N) is 2. The number of hydrogen-bond donors (Lipinski definition) is 3. The summed E-state index contributed by atoms with van der Waals surface area (Å²) in [6.45, 7) is 2.54. The minimum Gasteiger partial charge on any atom is -0.349 e. The summed E-state index contributed by atoms with van der Waals surface area (Å²) in [5.41, 5.74) is 8.74. The van der Waals surface area contributed by atoms with Crippen molar-refractivity contribution < 1.29 is 9.59 Å². The molecule has 124 valence electrons. The lowest BCUT2D eigenvalue weighted by molar-refractivity contribution is -0.123. The average molecular weight is 315 g/mol. The van der Waals surface area contributed by atoms with Gasteiger partial charge < -0.3 is 16.4 Å². The Bertz CT molecular complexity index is 625. The van der Waals surface area contributed by atoms with Gasteiger partial charge in [0.05, 0.1) is 12.0 Å². The van der Waals surface area contributed by atoms with E-state index < -0.39 is 0 Å². The van der Waals surface area contributed by atoms with Crippen LogP contribution >= 0.6 is 0 Å². The lowest BCUT2D eigenvalue weighted by atomic mass is 9.95. The van der Waals surface area contributed by atoms with Crippen molar-refractivity contribution >= 4 is 17.5 Å². The standard InChI is InChI=1S/C18H25N3O2/c1-18(11-19,14-6-7-14)21-16(22)4-2-3-12-5-8-15-13(9-12)10-17(23)20-15/h5,8-9,14H,2-4,6-7,10-11,19H2,1H3,(H,20,23)(H,21,22). The van der Waals surface area contributed by atoms with Crippen molar-refractivity contribution in [3.63, 3.8) is 0 Å². The quantitative estimate of drug-likeness (QED) is 0.716. The lowest BCUT2D eigenvalue weighted by Crippen LogP contribution is -2.53. The molecular formula is C18H25N3O2. The lowest BCUT2D eigenvalue weighted by Gasteiger charge is -2.29. The molecular weight excluding hydrogens is 290 g/mol. The van der Waals surface area contributed by atoms with Gasteiger partial charge in [-0.1, -0.05) is 12.1 Å². The second kappa shape index (κ2) is 6.32. The number of nitrogens with two attached hydrogens (primary N) is 1. The van der Waals surface area contributed by atoms with Crippen molar-refractivity contribution in [1.29, 1.82) is 0 Å². The molecule has 2 aliphatic rings. The van der Waals surface area contributed by atoms with Gasteiger partial charge in [-0.05, 0) is 55.7 Å². The minimum absolute atomic E-state index is 0.0534. The van der Waals surface area contributed by atoms with Crippen LogP contribution in [0, 0.1) is 5.92 Å². The van der Waals surface area contributed by atoms with Crippen molar-refractivity contribution in [3.05, 3.63) is 29.3 Å². The van der Waals surface area contributed by atoms with E-state index in [0.29, 0.717) is 25.3 Å². The van der Waals surface area contributed by atoms with Gasteiger partial charge in [-0.3, -0.25) is 9.59 Å². The summed E-state index contributed by atoms with van der Waals surface area (Å²) in [7, 11) is 0. The molecule has 1 aliphatic heterocycles. The highest BCUT2D eigenvalue weighted by Gasteiger charge is 2.41. The Morgan fingerprint density at radius 1 is 1.43 bits per heavy atom. The zero-order valence-electron chi connectivity index (χ0n) is 13.7. The Hall–Kier alpha value is -1.88. The van der Waals surface area contributed by atoms with Crippen LogP contribution in [0.15, 0.2) is 18.2 Å². The van der Waals surface area contributed by atoms with E-state index in [1.807, 2.05) is 19.1 Å². The van der Waals surface area contributed by atoms with E-state index in [0.717, 1.165) is 36.9 Å². The first-order chi connectivity index (χ1) is 11.0. The first-order valence-electron chi connectivity index (χ1n) is 8.43. The number of fused-ring (bicyclic) bond motifs is 1. The third-order valence-electron chi connectivity index (χ3n) is 4.99. The minimum atomic E-state index is -0.239. The maximum Gasteiger partial charge on any atom is 0.228 e. The second-order valence-corrected chi connectivity index (χ2v) is 7.01. The monoisotopic (exact) mass is 315 g/mol. The van der Waals surface area contributed by atoms with E-state index in [1.54, 1.807) is 0 Å². The fraction of sp³-hybridized carbons (Fsp3) is 0.556. The van der Waals surface area contributed by atoms with Crippen molar-refractivity contribution in [2.45, 2.75) is 51.0 Å². The highest BCUT2D eigenvalue weighted by Crippen LogP contribution is 2.39. The molecule has 4 N–H and O–H groups in total. The number of aryl methyl sites for hydroxylation is 1. The van der Waals surface area contributed by atoms with E-state index in [2.05, 4.69) is 16.7 Å². The molecule has 2 amide bonds. The topological polar surface area (TPSA) is 84.2 Å². The predicted molar refractivity (Wildman–Crippen MR) is 90.0 cm³/mol. The third-order valence-corrected chi connectivity index (χ3v) is 4.99. The Morgan fingerprint density at radius 2 is 2.22 bits per heavy atom. The summed E-state index contributed by atoms with van der Waals surface area (Å²) in [5.74, 6) is 0.679. The molecule has 1 unspecified atom stereocenters. The van der Waals surface area contributed by atoms with Crippen LogP contribution < -0.4 is 16.4 Å². The molecule has 1 heterocycles. The number of benzene rings is 1. The molecule has 0 spiro atoms. The molecule has 1 fully saturated rings. The molecule has 5 nitrogen and oxygen atoms in total. The number of rotatable bonds is 7. The molecule has 5 heteroatoms. The smallest absolute Gasteiger partial charge is 0.228 e. The molecule has 1 atom stereocenters. The molecule has 1 saturated carbocycles. The molecule has 1 aromatic rings. The van der Waals surface area contributed by atoms with Crippen LogP contribution in [0.1, 0.15) is 43.7 Å². The van der Waals surface area contributed by atoms with Gasteiger partial charge in [-0.25, -0.2) is 0 Å². The molecule has 1 aromatic carbocycles. The zero-order valence-corrected chi connectivity index (χ0v) is 13.7. The molecule has 3 rings (SSSR count). The number of carbonyl (C=O) groups excluding carboxylic acids is 2. The van der Waals surface area contributed by atoms with Gasteiger partial charge in [0.25, 0.3) is 0 Å². The van der Waals surface area contributed by atoms with Crippen molar-refractivity contribution in [2.24, 2.45) is 11.7 Å². The van der Waals surface area contributed by atoms with Gasteiger partial charge in [-0.2, -0.15) is 0 Å². The van der Waals surface area contributed by atoms with Crippen LogP contribution in [0.5, 0.6) is 0 Å². The summed E-state index contributed by atoms with van der Waals surface area (Å²) < 4.78 is 0. The summed E-state index contributed by atoms with van der Waals surface area (Å²) in [6, 6.07) is 6.05. The largest absolute Gasteiger partial charge is 0.349 e. The van der Waals surface area contributed by atoms with Crippen molar-refractivity contribution in [1.82, 2.24) is 5.32 Å². The Labute approximate surface area is 137 Å². The summed E-state index contributed by atoms with van der Waals surface area (Å²) in [5, 5.41) is 5.95. The molecule has 1 aliphatic carbocycles. The molecule has 0 bridgehead atoms. The van der Waals surface area contributed by atoms with E-state index in [4.69, 9.17) is 5.73 Å². The number of anilines is 1. The first-order valence-corrected chi connectivity index (χ1v) is 8.43. The maximum atomic E-state index is 12.1. The first kappa shape index (κ1) is 16.0. The normalized spacial score (nSPS) is 19.0. The van der Waals surface area contributed by atoms with Crippen LogP contribution in [-0.2, 0) is 22.4 Å². The molecule has 23 heavy (non-hydrogen) atoms. The highest BCUT2D eigenvalue weighted by atomic mass is 16.2.